The number of allylic oxidation sites excluding steroid dienone is 1. The van der Waals surface area contributed by atoms with Crippen molar-refractivity contribution in [2.45, 2.75) is 38.6 Å². The smallest absolute Gasteiger partial charge is 0.310 e. The zero-order valence-electron chi connectivity index (χ0n) is 16.7. The van der Waals surface area contributed by atoms with Crippen molar-refractivity contribution in [1.82, 2.24) is 20.7 Å². The Bertz CT molecular complexity index is 875. The standard InChI is InChI=1S/C21H24ClN5O3/c1-2-30-21(29)17(9-11-23)13-18(25-20(28)19-14-24-27-26-19)12-16-7-5-15(6-8-16)4-3-10-22/h3,5-8,10,14,17-18H,2,4,9,12-13H2,1H3,(H,25,28)(H,24,26,27). The van der Waals surface area contributed by atoms with Gasteiger partial charge in [0.25, 0.3) is 5.91 Å². The molecule has 8 nitrogen and oxygen atoms in total. The number of rotatable bonds is 11. The topological polar surface area (TPSA) is 121 Å². The highest BCUT2D eigenvalue weighted by Gasteiger charge is 2.26. The molecule has 0 aliphatic rings. The second-order valence-corrected chi connectivity index (χ2v) is 6.91. The van der Waals surface area contributed by atoms with E-state index in [0.717, 1.165) is 17.5 Å². The molecule has 30 heavy (non-hydrogen) atoms. The van der Waals surface area contributed by atoms with Gasteiger partial charge in [-0.15, -0.1) is 0 Å². The normalized spacial score (nSPS) is 12.8. The number of nitrogens with zero attached hydrogens (tertiary/aromatic N) is 3. The van der Waals surface area contributed by atoms with Crippen LogP contribution < -0.4 is 5.32 Å². The molecule has 9 heteroatoms. The predicted octanol–water partition coefficient (Wildman–Crippen LogP) is 2.92. The summed E-state index contributed by atoms with van der Waals surface area (Å²) in [5.41, 5.74) is 3.72. The molecule has 1 amide bonds. The molecule has 2 aromatic rings. The van der Waals surface area contributed by atoms with Crippen LogP contribution in [-0.4, -0.2) is 39.9 Å². The number of nitrogens with one attached hydrogen (secondary N) is 2. The molecule has 0 spiro atoms. The zero-order valence-corrected chi connectivity index (χ0v) is 17.4. The Balaban J connectivity index is 2.16. The minimum Gasteiger partial charge on any atom is -0.466 e. The highest BCUT2D eigenvalue weighted by molar-refractivity contribution is 6.25. The van der Waals surface area contributed by atoms with Crippen molar-refractivity contribution >= 4 is 23.5 Å². The average Bonchev–Trinajstić information content (AvgIpc) is 3.28. The summed E-state index contributed by atoms with van der Waals surface area (Å²) >= 11 is 5.57. The molecule has 2 rings (SSSR count). The molecule has 1 aromatic heterocycles. The van der Waals surface area contributed by atoms with Crippen molar-refractivity contribution < 1.29 is 14.3 Å². The van der Waals surface area contributed by atoms with E-state index < -0.39 is 23.8 Å². The molecule has 0 radical (unpaired) electrons. The van der Waals surface area contributed by atoms with E-state index in [9.17, 15) is 9.59 Å². The minimum atomic E-state index is -0.634. The number of ether oxygens (including phenoxy) is 1. The van der Waals surface area contributed by atoms with Crippen LogP contribution in [0.4, 0.5) is 0 Å². The van der Waals surface area contributed by atoms with Crippen molar-refractivity contribution in [2.75, 3.05) is 6.61 Å². The fourth-order valence-corrected chi connectivity index (χ4v) is 3.11. The van der Waals surface area contributed by atoms with Gasteiger partial charge in [-0.3, -0.25) is 9.59 Å². The van der Waals surface area contributed by atoms with Crippen LogP contribution in [0.25, 0.3) is 0 Å². The third-order valence-electron chi connectivity index (χ3n) is 4.46. The van der Waals surface area contributed by atoms with E-state index in [-0.39, 0.29) is 25.1 Å². The number of carbonyl (C=O) groups is 2. The second-order valence-electron chi connectivity index (χ2n) is 6.66. The lowest BCUT2D eigenvalue weighted by Crippen LogP contribution is -2.39. The molecule has 158 valence electrons. The number of hydrogen-bond acceptors (Lipinski definition) is 6. The lowest BCUT2D eigenvalue weighted by atomic mass is 9.92. The van der Waals surface area contributed by atoms with Gasteiger partial charge in [0.1, 0.15) is 0 Å². The Hall–Kier alpha value is -3.18. The number of H-pyrrole nitrogens is 1. The van der Waals surface area contributed by atoms with E-state index in [4.69, 9.17) is 21.6 Å². The monoisotopic (exact) mass is 429 g/mol. The van der Waals surface area contributed by atoms with Crippen molar-refractivity contribution in [3.63, 3.8) is 0 Å². The van der Waals surface area contributed by atoms with E-state index >= 15 is 0 Å². The number of hydrogen-bond donors (Lipinski definition) is 2. The summed E-state index contributed by atoms with van der Waals surface area (Å²) in [6.07, 6.45) is 4.67. The van der Waals surface area contributed by atoms with Crippen LogP contribution in [0.15, 0.2) is 42.1 Å². The summed E-state index contributed by atoms with van der Waals surface area (Å²) in [6.45, 7) is 1.95. The third-order valence-corrected chi connectivity index (χ3v) is 4.64. The molecule has 0 saturated carbocycles. The van der Waals surface area contributed by atoms with Crippen molar-refractivity contribution in [2.24, 2.45) is 5.92 Å². The van der Waals surface area contributed by atoms with Gasteiger partial charge < -0.3 is 10.1 Å². The summed E-state index contributed by atoms with van der Waals surface area (Å²) in [5, 5.41) is 21.8. The van der Waals surface area contributed by atoms with Crippen molar-refractivity contribution in [3.8, 4) is 6.07 Å². The van der Waals surface area contributed by atoms with Gasteiger partial charge in [-0.25, -0.2) is 0 Å². The van der Waals surface area contributed by atoms with Crippen molar-refractivity contribution in [1.29, 1.82) is 5.26 Å². The number of nitriles is 1. The Kier molecular flexibility index (Phi) is 9.55. The lowest BCUT2D eigenvalue weighted by molar-refractivity contribution is -0.148. The molecule has 0 saturated heterocycles. The fourth-order valence-electron chi connectivity index (χ4n) is 3.02. The van der Waals surface area contributed by atoms with Crippen LogP contribution in [0.3, 0.4) is 0 Å². The van der Waals surface area contributed by atoms with Crippen LogP contribution in [0, 0.1) is 17.2 Å². The van der Waals surface area contributed by atoms with Gasteiger partial charge in [0, 0.05) is 18.0 Å². The van der Waals surface area contributed by atoms with Gasteiger partial charge in [-0.2, -0.15) is 20.7 Å². The first-order chi connectivity index (χ1) is 14.6. The Morgan fingerprint density at radius 3 is 2.67 bits per heavy atom. The molecule has 0 fully saturated rings. The third kappa shape index (κ3) is 7.33. The van der Waals surface area contributed by atoms with Gasteiger partial charge in [-0.1, -0.05) is 41.9 Å². The quantitative estimate of drug-likeness (QED) is 0.530. The summed E-state index contributed by atoms with van der Waals surface area (Å²) < 4.78 is 5.09. The maximum atomic E-state index is 12.5. The molecule has 1 heterocycles. The van der Waals surface area contributed by atoms with Gasteiger partial charge in [0.05, 0.1) is 24.8 Å². The molecule has 0 aliphatic heterocycles. The fraction of sp³-hybridized carbons (Fsp3) is 0.381. The first-order valence-corrected chi connectivity index (χ1v) is 10.0. The van der Waals surface area contributed by atoms with Gasteiger partial charge in [0.2, 0.25) is 0 Å². The minimum absolute atomic E-state index is 0.0128. The van der Waals surface area contributed by atoms with Gasteiger partial charge in [-0.05, 0) is 37.3 Å². The molecule has 2 atom stereocenters. The average molecular weight is 430 g/mol. The predicted molar refractivity (Wildman–Crippen MR) is 111 cm³/mol. The van der Waals surface area contributed by atoms with E-state index in [1.807, 2.05) is 36.4 Å². The number of amides is 1. The van der Waals surface area contributed by atoms with E-state index in [1.165, 1.54) is 11.7 Å². The molecule has 1 aromatic carbocycles. The second kappa shape index (κ2) is 12.4. The zero-order chi connectivity index (χ0) is 21.8. The van der Waals surface area contributed by atoms with E-state index in [0.29, 0.717) is 6.42 Å². The van der Waals surface area contributed by atoms with Crippen LogP contribution >= 0.6 is 11.6 Å². The summed E-state index contributed by atoms with van der Waals surface area (Å²) in [7, 11) is 0. The molecular weight excluding hydrogens is 406 g/mol. The maximum absolute atomic E-state index is 12.5. The Morgan fingerprint density at radius 2 is 2.07 bits per heavy atom. The summed E-state index contributed by atoms with van der Waals surface area (Å²) in [6, 6.07) is 9.54. The van der Waals surface area contributed by atoms with Crippen LogP contribution in [0.5, 0.6) is 0 Å². The largest absolute Gasteiger partial charge is 0.466 e. The SMILES string of the molecule is CCOC(=O)C(CC#N)CC(Cc1ccc(CC=CCl)cc1)NC(=O)c1cn[nH]n1. The first kappa shape index (κ1) is 23.1. The molecule has 2 unspecified atom stereocenters. The number of aromatic amines is 1. The number of carbonyl (C=O) groups excluding carboxylic acids is 2. The maximum Gasteiger partial charge on any atom is 0.310 e. The summed E-state index contributed by atoms with van der Waals surface area (Å²) in [5.74, 6) is -1.48. The highest BCUT2D eigenvalue weighted by Crippen LogP contribution is 2.18. The number of benzene rings is 1. The van der Waals surface area contributed by atoms with Crippen LogP contribution in [0.1, 0.15) is 41.4 Å². The first-order valence-electron chi connectivity index (χ1n) is 9.60. The number of aromatic nitrogens is 3. The Labute approximate surface area is 180 Å². The van der Waals surface area contributed by atoms with Crippen molar-refractivity contribution in [3.05, 3.63) is 58.9 Å². The number of esters is 1. The number of halogens is 1. The summed E-state index contributed by atoms with van der Waals surface area (Å²) in [4.78, 5) is 24.7. The van der Waals surface area contributed by atoms with Gasteiger partial charge in [0.15, 0.2) is 5.69 Å². The van der Waals surface area contributed by atoms with E-state index in [2.05, 4.69) is 20.7 Å². The molecule has 0 bridgehead atoms. The van der Waals surface area contributed by atoms with Crippen LogP contribution in [0.2, 0.25) is 0 Å². The van der Waals surface area contributed by atoms with Crippen LogP contribution in [-0.2, 0) is 22.4 Å². The lowest BCUT2D eigenvalue weighted by Gasteiger charge is -2.22. The molecular formula is C21H24ClN5O3. The molecule has 2 N–H and O–H groups in total. The Morgan fingerprint density at radius 1 is 1.33 bits per heavy atom. The van der Waals surface area contributed by atoms with Gasteiger partial charge >= 0.3 is 5.97 Å². The van der Waals surface area contributed by atoms with E-state index in [1.54, 1.807) is 6.92 Å². The molecule has 0 aliphatic carbocycles. The highest BCUT2D eigenvalue weighted by atomic mass is 35.5.